The highest BCUT2D eigenvalue weighted by atomic mass is 32.2. The number of sulfonamides is 1. The lowest BCUT2D eigenvalue weighted by Crippen LogP contribution is -2.38. The Labute approximate surface area is 132 Å². The van der Waals surface area contributed by atoms with Gasteiger partial charge in [-0.1, -0.05) is 13.3 Å². The van der Waals surface area contributed by atoms with E-state index in [1.54, 1.807) is 31.4 Å². The summed E-state index contributed by atoms with van der Waals surface area (Å²) in [4.78, 5) is 11.6. The molecule has 0 aliphatic rings. The number of ether oxygens (including phenoxy) is 1. The Kier molecular flexibility index (Phi) is 7.17. The van der Waals surface area contributed by atoms with Gasteiger partial charge in [0.05, 0.1) is 25.6 Å². The Morgan fingerprint density at radius 2 is 1.91 bits per heavy atom. The number of unbranched alkanes of at least 4 members (excludes halogenated alkanes) is 1. The maximum atomic E-state index is 11.9. The molecule has 0 atom stereocenters. The van der Waals surface area contributed by atoms with Gasteiger partial charge in [0.2, 0.25) is 15.9 Å². The molecule has 124 valence electrons. The monoisotopic (exact) mass is 328 g/mol. The number of hydrogen-bond acceptors (Lipinski definition) is 4. The van der Waals surface area contributed by atoms with Crippen LogP contribution in [0, 0.1) is 0 Å². The number of rotatable bonds is 9. The van der Waals surface area contributed by atoms with Crippen molar-refractivity contribution < 1.29 is 17.9 Å². The van der Waals surface area contributed by atoms with Crippen molar-refractivity contribution in [3.05, 3.63) is 24.3 Å². The fourth-order valence-corrected chi connectivity index (χ4v) is 2.89. The van der Waals surface area contributed by atoms with Crippen molar-refractivity contribution >= 4 is 21.6 Å². The Morgan fingerprint density at radius 3 is 2.41 bits per heavy atom. The van der Waals surface area contributed by atoms with Crippen molar-refractivity contribution in [2.24, 2.45) is 0 Å². The molecule has 1 aromatic rings. The topological polar surface area (TPSA) is 75.7 Å². The molecule has 1 rings (SSSR count). The zero-order chi connectivity index (χ0) is 16.6. The molecule has 7 heteroatoms. The molecule has 22 heavy (non-hydrogen) atoms. The average Bonchev–Trinajstić information content (AvgIpc) is 2.48. The summed E-state index contributed by atoms with van der Waals surface area (Å²) in [6.45, 7) is 2.49. The second-order valence-electron chi connectivity index (χ2n) is 4.99. The minimum Gasteiger partial charge on any atom is -0.497 e. The largest absolute Gasteiger partial charge is 0.497 e. The Balaban J connectivity index is 2.68. The summed E-state index contributed by atoms with van der Waals surface area (Å²) >= 11 is 0. The van der Waals surface area contributed by atoms with Gasteiger partial charge in [0.1, 0.15) is 5.75 Å². The fourth-order valence-electron chi connectivity index (χ4n) is 1.96. The number of hydrogen-bond donors (Lipinski definition) is 1. The molecule has 0 bridgehead atoms. The van der Waals surface area contributed by atoms with Gasteiger partial charge in [-0.2, -0.15) is 0 Å². The van der Waals surface area contributed by atoms with E-state index in [2.05, 4.69) is 5.32 Å². The Bertz CT molecular complexity index is 570. The van der Waals surface area contributed by atoms with Gasteiger partial charge in [0.15, 0.2) is 0 Å². The van der Waals surface area contributed by atoms with Crippen molar-refractivity contribution in [1.29, 1.82) is 0 Å². The first-order valence-electron chi connectivity index (χ1n) is 7.27. The molecule has 6 nitrogen and oxygen atoms in total. The summed E-state index contributed by atoms with van der Waals surface area (Å²) in [7, 11) is -1.86. The first kappa shape index (κ1) is 18.3. The van der Waals surface area contributed by atoms with Gasteiger partial charge in [-0.15, -0.1) is 0 Å². The van der Waals surface area contributed by atoms with E-state index < -0.39 is 10.0 Å². The van der Waals surface area contributed by atoms with Crippen LogP contribution in [-0.4, -0.2) is 40.8 Å². The second-order valence-corrected chi connectivity index (χ2v) is 6.89. The van der Waals surface area contributed by atoms with Gasteiger partial charge in [-0.3, -0.25) is 9.10 Å². The van der Waals surface area contributed by atoms with Gasteiger partial charge < -0.3 is 10.1 Å². The highest BCUT2D eigenvalue weighted by Gasteiger charge is 2.17. The van der Waals surface area contributed by atoms with E-state index in [0.717, 1.165) is 19.1 Å². The van der Waals surface area contributed by atoms with E-state index in [-0.39, 0.29) is 19.0 Å². The van der Waals surface area contributed by atoms with E-state index >= 15 is 0 Å². The molecular formula is C15H24N2O4S. The molecule has 0 radical (unpaired) electrons. The minimum atomic E-state index is -3.41. The van der Waals surface area contributed by atoms with Crippen LogP contribution in [0.2, 0.25) is 0 Å². The predicted molar refractivity (Wildman–Crippen MR) is 87.7 cm³/mol. The summed E-state index contributed by atoms with van der Waals surface area (Å²) in [5.74, 6) is 0.607. The van der Waals surface area contributed by atoms with Crippen LogP contribution in [0.15, 0.2) is 24.3 Å². The third-order valence-corrected chi connectivity index (χ3v) is 4.35. The molecule has 1 amide bonds. The maximum absolute atomic E-state index is 11.9. The van der Waals surface area contributed by atoms with Crippen LogP contribution in [0.1, 0.15) is 26.2 Å². The normalized spacial score (nSPS) is 11.0. The molecule has 0 saturated heterocycles. The predicted octanol–water partition coefficient (Wildman–Crippen LogP) is 1.77. The zero-order valence-electron chi connectivity index (χ0n) is 13.3. The number of amides is 1. The molecule has 1 N–H and O–H groups in total. The summed E-state index contributed by atoms with van der Waals surface area (Å²) in [6, 6.07) is 6.76. The van der Waals surface area contributed by atoms with E-state index in [0.29, 0.717) is 17.9 Å². The lowest BCUT2D eigenvalue weighted by atomic mass is 10.2. The van der Waals surface area contributed by atoms with E-state index in [1.165, 1.54) is 4.31 Å². The third-order valence-electron chi connectivity index (χ3n) is 3.16. The van der Waals surface area contributed by atoms with Crippen molar-refractivity contribution in [1.82, 2.24) is 5.32 Å². The van der Waals surface area contributed by atoms with Gasteiger partial charge in [-0.05, 0) is 30.7 Å². The summed E-state index contributed by atoms with van der Waals surface area (Å²) < 4.78 is 30.2. The Hall–Kier alpha value is -1.76. The van der Waals surface area contributed by atoms with Gasteiger partial charge in [-0.25, -0.2) is 8.42 Å². The molecule has 0 spiro atoms. The van der Waals surface area contributed by atoms with Crippen LogP contribution < -0.4 is 14.4 Å². The molecular weight excluding hydrogens is 304 g/mol. The van der Waals surface area contributed by atoms with Crippen LogP contribution in [0.25, 0.3) is 0 Å². The van der Waals surface area contributed by atoms with Gasteiger partial charge in [0.25, 0.3) is 0 Å². The highest BCUT2D eigenvalue weighted by molar-refractivity contribution is 7.92. The lowest BCUT2D eigenvalue weighted by molar-refractivity contribution is -0.121. The number of benzene rings is 1. The van der Waals surface area contributed by atoms with E-state index in [4.69, 9.17) is 4.74 Å². The quantitative estimate of drug-likeness (QED) is 0.749. The standard InChI is InChI=1S/C15H24N2O4S/c1-4-5-6-15(18)16-11-12-17(22(3,19)20)13-7-9-14(21-2)10-8-13/h7-10H,4-6,11-12H2,1-3H3,(H,16,18). The molecule has 0 unspecified atom stereocenters. The van der Waals surface area contributed by atoms with Gasteiger partial charge >= 0.3 is 0 Å². The summed E-state index contributed by atoms with van der Waals surface area (Å²) in [6.07, 6.45) is 3.41. The molecule has 0 heterocycles. The zero-order valence-corrected chi connectivity index (χ0v) is 14.1. The first-order chi connectivity index (χ1) is 10.4. The maximum Gasteiger partial charge on any atom is 0.232 e. The van der Waals surface area contributed by atoms with E-state index in [1.807, 2.05) is 6.92 Å². The summed E-state index contributed by atoms with van der Waals surface area (Å²) in [5, 5.41) is 2.74. The second kappa shape index (κ2) is 8.63. The molecule has 0 aliphatic carbocycles. The van der Waals surface area contributed by atoms with E-state index in [9.17, 15) is 13.2 Å². The Morgan fingerprint density at radius 1 is 1.27 bits per heavy atom. The molecule has 0 aromatic heterocycles. The van der Waals surface area contributed by atoms with Crippen LogP contribution in [0.3, 0.4) is 0 Å². The van der Waals surface area contributed by atoms with Crippen molar-refractivity contribution in [2.45, 2.75) is 26.2 Å². The number of methoxy groups -OCH3 is 1. The van der Waals surface area contributed by atoms with Crippen molar-refractivity contribution in [2.75, 3.05) is 30.8 Å². The van der Waals surface area contributed by atoms with Gasteiger partial charge in [0, 0.05) is 13.0 Å². The van der Waals surface area contributed by atoms with Crippen LogP contribution in [-0.2, 0) is 14.8 Å². The average molecular weight is 328 g/mol. The molecule has 1 aromatic carbocycles. The lowest BCUT2D eigenvalue weighted by Gasteiger charge is -2.22. The van der Waals surface area contributed by atoms with Crippen molar-refractivity contribution in [3.8, 4) is 5.75 Å². The first-order valence-corrected chi connectivity index (χ1v) is 9.11. The smallest absolute Gasteiger partial charge is 0.232 e. The number of nitrogens with zero attached hydrogens (tertiary/aromatic N) is 1. The number of anilines is 1. The third kappa shape index (κ3) is 5.93. The fraction of sp³-hybridized carbons (Fsp3) is 0.533. The van der Waals surface area contributed by atoms with Crippen LogP contribution in [0.4, 0.5) is 5.69 Å². The number of carbonyl (C=O) groups is 1. The van der Waals surface area contributed by atoms with Crippen molar-refractivity contribution in [3.63, 3.8) is 0 Å². The molecule has 0 saturated carbocycles. The van der Waals surface area contributed by atoms with Crippen LogP contribution in [0.5, 0.6) is 5.75 Å². The van der Waals surface area contributed by atoms with Crippen LogP contribution >= 0.6 is 0 Å². The SMILES string of the molecule is CCCCC(=O)NCCN(c1ccc(OC)cc1)S(C)(=O)=O. The number of carbonyl (C=O) groups excluding carboxylic acids is 1. The summed E-state index contributed by atoms with van der Waals surface area (Å²) in [5.41, 5.74) is 0.547. The molecule has 0 aliphatic heterocycles. The highest BCUT2D eigenvalue weighted by Crippen LogP contribution is 2.20. The molecule has 0 fully saturated rings. The number of nitrogens with one attached hydrogen (secondary N) is 1. The minimum absolute atomic E-state index is 0.0509.